The van der Waals surface area contributed by atoms with E-state index in [1.807, 2.05) is 0 Å². The smallest absolute Gasteiger partial charge is 0.323 e. The Labute approximate surface area is 154 Å². The second-order valence-electron chi connectivity index (χ2n) is 5.95. The number of likely N-dealkylation sites (N-methyl/N-ethyl adjacent to an activating group) is 1. The van der Waals surface area contributed by atoms with Crippen molar-refractivity contribution in [1.29, 1.82) is 0 Å². The number of hydrogen-bond acceptors (Lipinski definition) is 7. The first kappa shape index (κ1) is 20.0. The first-order valence-electron chi connectivity index (χ1n) is 8.12. The molecule has 0 aliphatic heterocycles. The molecule has 0 saturated carbocycles. The number of aromatic nitrogens is 4. The molecule has 0 fully saturated rings. The van der Waals surface area contributed by atoms with Crippen molar-refractivity contribution in [3.8, 4) is 0 Å². The molecule has 2 aromatic heterocycles. The van der Waals surface area contributed by atoms with Gasteiger partial charge >= 0.3 is 5.97 Å². The van der Waals surface area contributed by atoms with Gasteiger partial charge in [-0.15, -0.1) is 0 Å². The summed E-state index contributed by atoms with van der Waals surface area (Å²) in [5.41, 5.74) is -0.232. The number of amides is 1. The quantitative estimate of drug-likeness (QED) is 0.352. The van der Waals surface area contributed by atoms with Crippen LogP contribution in [0, 0.1) is 0 Å². The molecular weight excluding hydrogens is 356 g/mol. The molecule has 0 atom stereocenters. The summed E-state index contributed by atoms with van der Waals surface area (Å²) in [5.74, 6) is -1.48. The van der Waals surface area contributed by atoms with E-state index in [9.17, 15) is 14.4 Å². The highest BCUT2D eigenvalue weighted by Gasteiger charge is 2.19. The number of nitrogens with one attached hydrogen (secondary N) is 2. The summed E-state index contributed by atoms with van der Waals surface area (Å²) in [6, 6.07) is 0. The monoisotopic (exact) mass is 378 g/mol. The molecule has 12 heteroatoms. The SMILES string of the molecule is CNCCN(CC(=O)O)C(=O)Cn1ncc2c(=O)[nH]c(/N=C/N(C)C)nc21. The van der Waals surface area contributed by atoms with Crippen LogP contribution in [-0.4, -0.2) is 93.6 Å². The van der Waals surface area contributed by atoms with Gasteiger partial charge in [-0.25, -0.2) is 9.67 Å². The van der Waals surface area contributed by atoms with E-state index in [-0.39, 0.29) is 30.1 Å². The topological polar surface area (TPSA) is 149 Å². The molecule has 0 bridgehead atoms. The Morgan fingerprint density at radius 1 is 1.44 bits per heavy atom. The Morgan fingerprint density at radius 2 is 2.19 bits per heavy atom. The molecule has 0 aliphatic carbocycles. The zero-order chi connectivity index (χ0) is 20.0. The number of H-pyrrole nitrogens is 1. The van der Waals surface area contributed by atoms with Gasteiger partial charge in [0.15, 0.2) is 5.65 Å². The number of aliphatic imine (C=N–C) groups is 1. The van der Waals surface area contributed by atoms with Crippen molar-refractivity contribution in [1.82, 2.24) is 34.9 Å². The van der Waals surface area contributed by atoms with Gasteiger partial charge in [0.25, 0.3) is 5.56 Å². The second kappa shape index (κ2) is 8.89. The fraction of sp³-hybridized carbons (Fsp3) is 0.467. The minimum Gasteiger partial charge on any atom is -0.480 e. The molecule has 0 spiro atoms. The Balaban J connectivity index is 2.30. The summed E-state index contributed by atoms with van der Waals surface area (Å²) in [4.78, 5) is 49.3. The molecule has 0 saturated heterocycles. The predicted molar refractivity (Wildman–Crippen MR) is 98.1 cm³/mol. The van der Waals surface area contributed by atoms with Gasteiger partial charge in [0, 0.05) is 27.2 Å². The van der Waals surface area contributed by atoms with Crippen LogP contribution in [-0.2, 0) is 16.1 Å². The van der Waals surface area contributed by atoms with Gasteiger partial charge in [0.1, 0.15) is 18.5 Å². The zero-order valence-electron chi connectivity index (χ0n) is 15.3. The second-order valence-corrected chi connectivity index (χ2v) is 5.95. The maximum Gasteiger partial charge on any atom is 0.323 e. The van der Waals surface area contributed by atoms with Gasteiger partial charge < -0.3 is 20.2 Å². The van der Waals surface area contributed by atoms with Crippen LogP contribution in [0.25, 0.3) is 11.0 Å². The molecule has 1 amide bonds. The minimum absolute atomic E-state index is 0.0768. The third-order valence-corrected chi connectivity index (χ3v) is 3.50. The number of fused-ring (bicyclic) bond motifs is 1. The number of aromatic amines is 1. The van der Waals surface area contributed by atoms with Crippen LogP contribution in [0.4, 0.5) is 5.95 Å². The number of carboxylic acids is 1. The zero-order valence-corrected chi connectivity index (χ0v) is 15.3. The van der Waals surface area contributed by atoms with E-state index in [1.54, 1.807) is 26.0 Å². The van der Waals surface area contributed by atoms with Gasteiger partial charge in [-0.05, 0) is 7.05 Å². The first-order valence-corrected chi connectivity index (χ1v) is 8.12. The lowest BCUT2D eigenvalue weighted by atomic mass is 10.4. The molecule has 0 unspecified atom stereocenters. The van der Waals surface area contributed by atoms with Gasteiger partial charge in [0.05, 0.1) is 12.5 Å². The van der Waals surface area contributed by atoms with Crippen LogP contribution < -0.4 is 10.9 Å². The number of aliphatic carboxylic acids is 1. The van der Waals surface area contributed by atoms with Crippen molar-refractivity contribution in [2.75, 3.05) is 40.8 Å². The van der Waals surface area contributed by atoms with Crippen molar-refractivity contribution < 1.29 is 14.7 Å². The number of hydrogen-bond donors (Lipinski definition) is 3. The Kier molecular flexibility index (Phi) is 6.60. The molecule has 0 radical (unpaired) electrons. The van der Waals surface area contributed by atoms with E-state index < -0.39 is 24.0 Å². The number of carboxylic acid groups (broad SMARTS) is 1. The van der Waals surface area contributed by atoms with Crippen molar-refractivity contribution in [2.24, 2.45) is 4.99 Å². The molecule has 3 N–H and O–H groups in total. The highest BCUT2D eigenvalue weighted by Crippen LogP contribution is 2.10. The maximum absolute atomic E-state index is 12.5. The molecule has 146 valence electrons. The van der Waals surface area contributed by atoms with E-state index >= 15 is 0 Å². The summed E-state index contributed by atoms with van der Waals surface area (Å²) < 4.78 is 1.26. The first-order chi connectivity index (χ1) is 12.8. The van der Waals surface area contributed by atoms with E-state index in [0.29, 0.717) is 6.54 Å². The number of nitrogens with zero attached hydrogens (tertiary/aromatic N) is 6. The molecule has 0 aliphatic rings. The summed E-state index contributed by atoms with van der Waals surface area (Å²) in [6.07, 6.45) is 2.78. The predicted octanol–water partition coefficient (Wildman–Crippen LogP) is -1.53. The third-order valence-electron chi connectivity index (χ3n) is 3.50. The normalized spacial score (nSPS) is 11.2. The highest BCUT2D eigenvalue weighted by atomic mass is 16.4. The van der Waals surface area contributed by atoms with Crippen LogP contribution in [0.1, 0.15) is 0 Å². The highest BCUT2D eigenvalue weighted by molar-refractivity contribution is 5.83. The summed E-state index contributed by atoms with van der Waals surface area (Å²) in [6.45, 7) is 0.00724. The number of rotatable bonds is 9. The lowest BCUT2D eigenvalue weighted by Gasteiger charge is -2.20. The van der Waals surface area contributed by atoms with E-state index in [1.165, 1.54) is 22.1 Å². The minimum atomic E-state index is -1.11. The fourth-order valence-corrected chi connectivity index (χ4v) is 2.23. The maximum atomic E-state index is 12.5. The standard InChI is InChI=1S/C15H22N8O4/c1-16-4-5-22(8-12(25)26)11(24)7-23-13-10(6-18-23)14(27)20-15(19-13)17-9-21(2)3/h6,9,16H,4-5,7-8H2,1-3H3,(H,25,26)(H,19,20,27)/b17-9+. The number of carbonyl (C=O) groups is 2. The average Bonchev–Trinajstić information content (AvgIpc) is 2.99. The fourth-order valence-electron chi connectivity index (χ4n) is 2.23. The van der Waals surface area contributed by atoms with E-state index in [2.05, 4.69) is 25.4 Å². The lowest BCUT2D eigenvalue weighted by Crippen LogP contribution is -2.41. The van der Waals surface area contributed by atoms with Crippen LogP contribution in [0.2, 0.25) is 0 Å². The van der Waals surface area contributed by atoms with E-state index in [0.717, 1.165) is 0 Å². The van der Waals surface area contributed by atoms with Gasteiger partial charge in [-0.2, -0.15) is 10.1 Å². The Morgan fingerprint density at radius 3 is 2.81 bits per heavy atom. The Bertz CT molecular complexity index is 901. The molecule has 2 heterocycles. The van der Waals surface area contributed by atoms with Crippen LogP contribution in [0.3, 0.4) is 0 Å². The van der Waals surface area contributed by atoms with Crippen molar-refractivity contribution >= 4 is 35.2 Å². The molecule has 12 nitrogen and oxygen atoms in total. The Hall–Kier alpha value is -3.28. The third kappa shape index (κ3) is 5.34. The van der Waals surface area contributed by atoms with Crippen LogP contribution in [0.15, 0.2) is 16.0 Å². The summed E-state index contributed by atoms with van der Waals surface area (Å²) >= 11 is 0. The van der Waals surface area contributed by atoms with E-state index in [4.69, 9.17) is 5.11 Å². The largest absolute Gasteiger partial charge is 0.480 e. The lowest BCUT2D eigenvalue weighted by molar-refractivity contribution is -0.144. The molecule has 27 heavy (non-hydrogen) atoms. The van der Waals surface area contributed by atoms with Gasteiger partial charge in [0.2, 0.25) is 11.9 Å². The molecule has 0 aromatic carbocycles. The van der Waals surface area contributed by atoms with Crippen molar-refractivity contribution in [3.63, 3.8) is 0 Å². The van der Waals surface area contributed by atoms with Gasteiger partial charge in [-0.1, -0.05) is 0 Å². The molecule has 2 aromatic rings. The number of carbonyl (C=O) groups excluding carboxylic acids is 1. The van der Waals surface area contributed by atoms with Crippen molar-refractivity contribution in [2.45, 2.75) is 6.54 Å². The molecular formula is C15H22N8O4. The molecule has 2 rings (SSSR count). The van der Waals surface area contributed by atoms with Crippen LogP contribution in [0.5, 0.6) is 0 Å². The summed E-state index contributed by atoms with van der Waals surface area (Å²) in [5, 5.41) is 16.1. The van der Waals surface area contributed by atoms with Crippen LogP contribution >= 0.6 is 0 Å². The average molecular weight is 378 g/mol. The summed E-state index contributed by atoms with van der Waals surface area (Å²) in [7, 11) is 5.24. The van der Waals surface area contributed by atoms with Gasteiger partial charge in [-0.3, -0.25) is 19.4 Å². The van der Waals surface area contributed by atoms with Crippen molar-refractivity contribution in [3.05, 3.63) is 16.6 Å².